The first-order valence-electron chi connectivity index (χ1n) is 3.72. The van der Waals surface area contributed by atoms with E-state index in [1.165, 1.54) is 0 Å². The number of aliphatic hydroxyl groups excluding tert-OH is 2. The van der Waals surface area contributed by atoms with E-state index < -0.39 is 42.0 Å². The predicted octanol–water partition coefficient (Wildman–Crippen LogP) is -1.63. The normalized spacial score (nSPS) is 10.8. The summed E-state index contributed by atoms with van der Waals surface area (Å²) < 4.78 is 0. The van der Waals surface area contributed by atoms with Crippen LogP contribution in [0.1, 0.15) is 0 Å². The van der Waals surface area contributed by atoms with Gasteiger partial charge in [-0.15, -0.1) is 20.2 Å². The van der Waals surface area contributed by atoms with Crippen LogP contribution in [-0.2, 0) is 9.68 Å². The number of hydrogen-bond donors (Lipinski definition) is 2. The lowest BCUT2D eigenvalue weighted by Gasteiger charge is -2.26. The number of nitrogens with zero attached hydrogens (tertiary/aromatic N) is 2. The van der Waals surface area contributed by atoms with Crippen LogP contribution in [0.25, 0.3) is 0 Å². The second kappa shape index (κ2) is 5.93. The van der Waals surface area contributed by atoms with Gasteiger partial charge in [0, 0.05) is 0 Å². The van der Waals surface area contributed by atoms with Gasteiger partial charge in [0.05, 0.1) is 18.6 Å². The Morgan fingerprint density at radius 2 is 1.33 bits per heavy atom. The molecule has 88 valence electrons. The fourth-order valence-electron chi connectivity index (χ4n) is 0.654. The van der Waals surface area contributed by atoms with Crippen LogP contribution in [0, 0.1) is 25.6 Å². The second-order valence-electron chi connectivity index (χ2n) is 2.81. The van der Waals surface area contributed by atoms with Gasteiger partial charge in [0.15, 0.2) is 0 Å². The van der Waals surface area contributed by atoms with Gasteiger partial charge in [-0.2, -0.15) is 0 Å². The lowest BCUT2D eigenvalue weighted by atomic mass is 9.93. The molecule has 0 aromatic heterocycles. The lowest BCUT2D eigenvalue weighted by Crippen LogP contribution is -2.41. The summed E-state index contributed by atoms with van der Waals surface area (Å²) in [4.78, 5) is 27.6. The second-order valence-corrected chi connectivity index (χ2v) is 2.81. The van der Waals surface area contributed by atoms with Crippen LogP contribution < -0.4 is 0 Å². The van der Waals surface area contributed by atoms with E-state index >= 15 is 0 Å². The Morgan fingerprint density at radius 3 is 1.53 bits per heavy atom. The lowest BCUT2D eigenvalue weighted by molar-refractivity contribution is -0.772. The van der Waals surface area contributed by atoms with E-state index in [9.17, 15) is 20.2 Å². The van der Waals surface area contributed by atoms with Crippen molar-refractivity contribution in [2.45, 2.75) is 0 Å². The van der Waals surface area contributed by atoms with Gasteiger partial charge in [-0.05, 0) is 0 Å². The van der Waals surface area contributed by atoms with Gasteiger partial charge < -0.3 is 19.9 Å². The van der Waals surface area contributed by atoms with Crippen LogP contribution in [0.3, 0.4) is 0 Å². The quantitative estimate of drug-likeness (QED) is 0.370. The maximum atomic E-state index is 9.86. The molecule has 0 fully saturated rings. The Balaban J connectivity index is 4.29. The third kappa shape index (κ3) is 4.93. The highest BCUT2D eigenvalue weighted by Gasteiger charge is 2.32. The Labute approximate surface area is 83.2 Å². The third-order valence-electron chi connectivity index (χ3n) is 1.62. The summed E-state index contributed by atoms with van der Waals surface area (Å²) in [6.45, 7) is -2.88. The molecule has 2 N–H and O–H groups in total. The van der Waals surface area contributed by atoms with Crippen molar-refractivity contribution in [2.24, 2.45) is 5.41 Å². The Morgan fingerprint density at radius 1 is 1.00 bits per heavy atom. The first-order valence-corrected chi connectivity index (χ1v) is 3.72. The molecular formula is C5H10N2O8. The summed E-state index contributed by atoms with van der Waals surface area (Å²) >= 11 is 0. The maximum Gasteiger partial charge on any atom is 0.294 e. The molecule has 0 unspecified atom stereocenters. The SMILES string of the molecule is O=[N+]([O-])OCC(CO)(CO)CO[N+](=O)[O-]. The first-order chi connectivity index (χ1) is 6.95. The van der Waals surface area contributed by atoms with Gasteiger partial charge in [-0.1, -0.05) is 0 Å². The molecule has 0 saturated carbocycles. The van der Waals surface area contributed by atoms with Crippen LogP contribution in [0.2, 0.25) is 0 Å². The molecule has 0 aromatic rings. The minimum atomic E-state index is -1.57. The van der Waals surface area contributed by atoms with Gasteiger partial charge in [0.2, 0.25) is 0 Å². The Kier molecular flexibility index (Phi) is 5.26. The van der Waals surface area contributed by atoms with Crippen molar-refractivity contribution in [1.82, 2.24) is 0 Å². The molecular weight excluding hydrogens is 216 g/mol. The standard InChI is InChI=1S/C5H10N2O8/c8-1-5(2-9,3-14-6(10)11)4-15-7(12)13/h8-9H,1-4H2. The van der Waals surface area contributed by atoms with Crippen LogP contribution in [0.15, 0.2) is 0 Å². The molecule has 0 spiro atoms. The average Bonchev–Trinajstić information content (AvgIpc) is 2.19. The van der Waals surface area contributed by atoms with Gasteiger partial charge in [0.25, 0.3) is 10.2 Å². The van der Waals surface area contributed by atoms with E-state index in [0.29, 0.717) is 0 Å². The highest BCUT2D eigenvalue weighted by molar-refractivity contribution is 4.76. The summed E-state index contributed by atoms with van der Waals surface area (Å²) in [5.41, 5.74) is -1.57. The van der Waals surface area contributed by atoms with Crippen LogP contribution in [0.5, 0.6) is 0 Å². The van der Waals surface area contributed by atoms with Crippen molar-refractivity contribution >= 4 is 0 Å². The topological polar surface area (TPSA) is 145 Å². The summed E-state index contributed by atoms with van der Waals surface area (Å²) in [5.74, 6) is 0. The van der Waals surface area contributed by atoms with Crippen LogP contribution in [0.4, 0.5) is 0 Å². The zero-order chi connectivity index (χ0) is 11.9. The monoisotopic (exact) mass is 226 g/mol. The molecule has 0 aliphatic rings. The van der Waals surface area contributed by atoms with Gasteiger partial charge in [0.1, 0.15) is 13.2 Å². The molecule has 0 heterocycles. The summed E-state index contributed by atoms with van der Waals surface area (Å²) in [7, 11) is 0. The van der Waals surface area contributed by atoms with Crippen LogP contribution in [-0.4, -0.2) is 46.8 Å². The zero-order valence-corrected chi connectivity index (χ0v) is 7.57. The minimum absolute atomic E-state index is 0.694. The summed E-state index contributed by atoms with van der Waals surface area (Å²) in [5, 5.41) is 35.1. The van der Waals surface area contributed by atoms with Crippen molar-refractivity contribution in [2.75, 3.05) is 26.4 Å². The summed E-state index contributed by atoms with van der Waals surface area (Å²) in [6, 6.07) is 0. The average molecular weight is 226 g/mol. The van der Waals surface area contributed by atoms with Crippen molar-refractivity contribution in [1.29, 1.82) is 0 Å². The van der Waals surface area contributed by atoms with Crippen molar-refractivity contribution in [3.05, 3.63) is 20.2 Å². The maximum absolute atomic E-state index is 9.86. The van der Waals surface area contributed by atoms with E-state index in [1.807, 2.05) is 0 Å². The number of rotatable bonds is 8. The molecule has 0 aliphatic carbocycles. The number of aliphatic hydroxyl groups is 2. The molecule has 0 aromatic carbocycles. The van der Waals surface area contributed by atoms with E-state index in [1.54, 1.807) is 0 Å². The smallest absolute Gasteiger partial charge is 0.294 e. The molecule has 0 aliphatic heterocycles. The molecule has 10 heteroatoms. The van der Waals surface area contributed by atoms with Crippen LogP contribution >= 0.6 is 0 Å². The van der Waals surface area contributed by atoms with E-state index in [-0.39, 0.29) is 0 Å². The molecule has 0 amide bonds. The van der Waals surface area contributed by atoms with E-state index in [2.05, 4.69) is 9.68 Å². The molecule has 0 atom stereocenters. The third-order valence-corrected chi connectivity index (χ3v) is 1.62. The highest BCUT2D eigenvalue weighted by atomic mass is 17.0. The van der Waals surface area contributed by atoms with Crippen molar-refractivity contribution in [3.63, 3.8) is 0 Å². The predicted molar refractivity (Wildman–Crippen MR) is 42.5 cm³/mol. The molecule has 10 nitrogen and oxygen atoms in total. The molecule has 0 saturated heterocycles. The first kappa shape index (κ1) is 13.3. The van der Waals surface area contributed by atoms with Gasteiger partial charge >= 0.3 is 0 Å². The number of hydrogen-bond acceptors (Lipinski definition) is 8. The Hall–Kier alpha value is -1.68. The van der Waals surface area contributed by atoms with Gasteiger partial charge in [-0.25, -0.2) is 0 Å². The van der Waals surface area contributed by atoms with Gasteiger partial charge in [-0.3, -0.25) is 0 Å². The molecule has 0 rings (SSSR count). The fourth-order valence-corrected chi connectivity index (χ4v) is 0.654. The van der Waals surface area contributed by atoms with E-state index in [0.717, 1.165) is 0 Å². The molecule has 15 heavy (non-hydrogen) atoms. The summed E-state index contributed by atoms with van der Waals surface area (Å²) in [6.07, 6.45) is 0. The Bertz CT molecular complexity index is 207. The van der Waals surface area contributed by atoms with E-state index in [4.69, 9.17) is 10.2 Å². The minimum Gasteiger partial charge on any atom is -0.396 e. The zero-order valence-electron chi connectivity index (χ0n) is 7.57. The fraction of sp³-hybridized carbons (Fsp3) is 1.00. The van der Waals surface area contributed by atoms with Crippen molar-refractivity contribution in [3.8, 4) is 0 Å². The van der Waals surface area contributed by atoms with Crippen molar-refractivity contribution < 1.29 is 30.1 Å². The molecule has 0 radical (unpaired) electrons. The largest absolute Gasteiger partial charge is 0.396 e. The molecule has 0 bridgehead atoms. The highest BCUT2D eigenvalue weighted by Crippen LogP contribution is 2.16.